The van der Waals surface area contributed by atoms with Crippen molar-refractivity contribution in [3.63, 3.8) is 0 Å². The van der Waals surface area contributed by atoms with Crippen molar-refractivity contribution < 1.29 is 9.53 Å². The smallest absolute Gasteiger partial charge is 0.307 e. The molecular formula is C8H13N3O2. The summed E-state index contributed by atoms with van der Waals surface area (Å²) in [6.07, 6.45) is 0.318. The Balaban J connectivity index is 2.54. The van der Waals surface area contributed by atoms with Crippen LogP contribution in [0.15, 0.2) is 6.07 Å². The number of anilines is 1. The maximum Gasteiger partial charge on any atom is 0.307 e. The van der Waals surface area contributed by atoms with Crippen LogP contribution in [0.1, 0.15) is 12.1 Å². The molecule has 5 heteroatoms. The van der Waals surface area contributed by atoms with Gasteiger partial charge in [0.15, 0.2) is 0 Å². The van der Waals surface area contributed by atoms with Gasteiger partial charge < -0.3 is 10.5 Å². The number of carbonyl (C=O) groups excluding carboxylic acids is 1. The second kappa shape index (κ2) is 3.93. The molecule has 0 aliphatic carbocycles. The Morgan fingerprint density at radius 2 is 2.46 bits per heavy atom. The quantitative estimate of drug-likeness (QED) is 0.686. The van der Waals surface area contributed by atoms with Gasteiger partial charge in [0.25, 0.3) is 0 Å². The predicted octanol–water partition coefficient (Wildman–Crippen LogP) is 0.337. The molecule has 0 atom stereocenters. The van der Waals surface area contributed by atoms with Crippen molar-refractivity contribution in [2.75, 3.05) is 12.8 Å². The second-order valence-corrected chi connectivity index (χ2v) is 2.76. The molecule has 0 fully saturated rings. The lowest BCUT2D eigenvalue weighted by molar-refractivity contribution is -0.140. The minimum Gasteiger partial charge on any atom is -0.469 e. The SMILES string of the molecule is COC(=O)CCn1nc(N)cc1C. The summed E-state index contributed by atoms with van der Waals surface area (Å²) < 4.78 is 6.19. The van der Waals surface area contributed by atoms with Gasteiger partial charge in [-0.3, -0.25) is 9.48 Å². The zero-order valence-corrected chi connectivity index (χ0v) is 7.78. The number of nitrogens with zero attached hydrogens (tertiary/aromatic N) is 2. The molecule has 1 rings (SSSR count). The molecule has 1 heterocycles. The van der Waals surface area contributed by atoms with Crippen LogP contribution in [0.25, 0.3) is 0 Å². The number of esters is 1. The zero-order valence-electron chi connectivity index (χ0n) is 7.78. The van der Waals surface area contributed by atoms with E-state index in [0.29, 0.717) is 18.8 Å². The van der Waals surface area contributed by atoms with Crippen LogP contribution in [0, 0.1) is 6.92 Å². The molecule has 13 heavy (non-hydrogen) atoms. The van der Waals surface area contributed by atoms with Crippen LogP contribution in [0.5, 0.6) is 0 Å². The van der Waals surface area contributed by atoms with Crippen LogP contribution in [0.2, 0.25) is 0 Å². The number of nitrogens with two attached hydrogens (primary N) is 1. The van der Waals surface area contributed by atoms with Crippen molar-refractivity contribution in [1.82, 2.24) is 9.78 Å². The van der Waals surface area contributed by atoms with E-state index in [0.717, 1.165) is 5.69 Å². The summed E-state index contributed by atoms with van der Waals surface area (Å²) in [4.78, 5) is 10.8. The highest BCUT2D eigenvalue weighted by molar-refractivity contribution is 5.68. The molecule has 0 amide bonds. The third kappa shape index (κ3) is 2.47. The van der Waals surface area contributed by atoms with Crippen molar-refractivity contribution in [2.45, 2.75) is 19.9 Å². The van der Waals surface area contributed by atoms with Gasteiger partial charge in [-0.2, -0.15) is 5.10 Å². The fraction of sp³-hybridized carbons (Fsp3) is 0.500. The highest BCUT2D eigenvalue weighted by Crippen LogP contribution is 2.04. The number of aryl methyl sites for hydroxylation is 2. The largest absolute Gasteiger partial charge is 0.469 e. The van der Waals surface area contributed by atoms with Gasteiger partial charge >= 0.3 is 5.97 Å². The van der Waals surface area contributed by atoms with Gasteiger partial charge in [0.1, 0.15) is 5.82 Å². The van der Waals surface area contributed by atoms with E-state index in [2.05, 4.69) is 9.84 Å². The standard InChI is InChI=1S/C8H13N3O2/c1-6-5-7(9)10-11(6)4-3-8(12)13-2/h5H,3-4H2,1-2H3,(H2,9,10). The van der Waals surface area contributed by atoms with E-state index in [-0.39, 0.29) is 5.97 Å². The van der Waals surface area contributed by atoms with E-state index in [1.54, 1.807) is 10.7 Å². The first-order chi connectivity index (χ1) is 6.13. The van der Waals surface area contributed by atoms with Crippen molar-refractivity contribution in [3.05, 3.63) is 11.8 Å². The molecule has 0 bridgehead atoms. The average Bonchev–Trinajstić information content (AvgIpc) is 2.41. The Kier molecular flexibility index (Phi) is 2.89. The molecular weight excluding hydrogens is 170 g/mol. The Hall–Kier alpha value is -1.52. The van der Waals surface area contributed by atoms with E-state index >= 15 is 0 Å². The van der Waals surface area contributed by atoms with E-state index in [4.69, 9.17) is 5.73 Å². The number of ether oxygens (including phenoxy) is 1. The van der Waals surface area contributed by atoms with Crippen LogP contribution in [0.4, 0.5) is 5.82 Å². The van der Waals surface area contributed by atoms with Gasteiger partial charge in [-0.05, 0) is 6.92 Å². The topological polar surface area (TPSA) is 70.1 Å². The van der Waals surface area contributed by atoms with E-state index in [9.17, 15) is 4.79 Å². The van der Waals surface area contributed by atoms with Crippen molar-refractivity contribution in [1.29, 1.82) is 0 Å². The van der Waals surface area contributed by atoms with Crippen molar-refractivity contribution in [3.8, 4) is 0 Å². The lowest BCUT2D eigenvalue weighted by atomic mass is 10.4. The third-order valence-corrected chi connectivity index (χ3v) is 1.76. The minimum absolute atomic E-state index is 0.242. The second-order valence-electron chi connectivity index (χ2n) is 2.76. The molecule has 72 valence electrons. The summed E-state index contributed by atoms with van der Waals surface area (Å²) in [5.41, 5.74) is 6.42. The molecule has 2 N–H and O–H groups in total. The van der Waals surface area contributed by atoms with Gasteiger partial charge in [-0.15, -0.1) is 0 Å². The fourth-order valence-corrected chi connectivity index (χ4v) is 1.06. The molecule has 0 saturated heterocycles. The Bertz CT molecular complexity index is 306. The summed E-state index contributed by atoms with van der Waals surface area (Å²) in [5, 5.41) is 4.00. The van der Waals surface area contributed by atoms with Crippen LogP contribution in [0.3, 0.4) is 0 Å². The lowest BCUT2D eigenvalue weighted by Crippen LogP contribution is -2.09. The van der Waals surface area contributed by atoms with Gasteiger partial charge in [0.05, 0.1) is 20.1 Å². The minimum atomic E-state index is -0.242. The Labute approximate surface area is 76.5 Å². The molecule has 0 aliphatic heterocycles. The summed E-state index contributed by atoms with van der Waals surface area (Å²) in [7, 11) is 1.37. The highest BCUT2D eigenvalue weighted by atomic mass is 16.5. The molecule has 1 aromatic heterocycles. The Morgan fingerprint density at radius 3 is 2.92 bits per heavy atom. The summed E-state index contributed by atoms with van der Waals surface area (Å²) in [5.74, 6) is 0.232. The number of hydrogen-bond acceptors (Lipinski definition) is 4. The third-order valence-electron chi connectivity index (χ3n) is 1.76. The first kappa shape index (κ1) is 9.57. The maximum atomic E-state index is 10.8. The summed E-state index contributed by atoms with van der Waals surface area (Å²) in [6, 6.07) is 1.76. The van der Waals surface area contributed by atoms with E-state index < -0.39 is 0 Å². The lowest BCUT2D eigenvalue weighted by Gasteiger charge is -2.02. The molecule has 0 aliphatic rings. The van der Waals surface area contributed by atoms with Crippen molar-refractivity contribution >= 4 is 11.8 Å². The van der Waals surface area contributed by atoms with Crippen LogP contribution < -0.4 is 5.73 Å². The average molecular weight is 183 g/mol. The molecule has 0 radical (unpaired) electrons. The molecule has 0 aromatic carbocycles. The number of rotatable bonds is 3. The normalized spacial score (nSPS) is 10.0. The number of aromatic nitrogens is 2. The predicted molar refractivity (Wildman–Crippen MR) is 48.0 cm³/mol. The first-order valence-corrected chi connectivity index (χ1v) is 4.00. The van der Waals surface area contributed by atoms with Crippen LogP contribution in [-0.2, 0) is 16.1 Å². The van der Waals surface area contributed by atoms with Gasteiger partial charge in [0.2, 0.25) is 0 Å². The maximum absolute atomic E-state index is 10.8. The molecule has 0 saturated carbocycles. The van der Waals surface area contributed by atoms with Crippen LogP contribution in [-0.4, -0.2) is 22.9 Å². The number of methoxy groups -OCH3 is 1. The fourth-order valence-electron chi connectivity index (χ4n) is 1.06. The van der Waals surface area contributed by atoms with Gasteiger partial charge in [-0.25, -0.2) is 0 Å². The van der Waals surface area contributed by atoms with Crippen LogP contribution >= 0.6 is 0 Å². The molecule has 5 nitrogen and oxygen atoms in total. The number of hydrogen-bond donors (Lipinski definition) is 1. The Morgan fingerprint density at radius 1 is 1.77 bits per heavy atom. The molecule has 0 spiro atoms. The monoisotopic (exact) mass is 183 g/mol. The van der Waals surface area contributed by atoms with E-state index in [1.165, 1.54) is 7.11 Å². The van der Waals surface area contributed by atoms with Gasteiger partial charge in [0, 0.05) is 11.8 Å². The molecule has 1 aromatic rings. The highest BCUT2D eigenvalue weighted by Gasteiger charge is 2.04. The van der Waals surface area contributed by atoms with Crippen molar-refractivity contribution in [2.24, 2.45) is 0 Å². The van der Waals surface area contributed by atoms with Gasteiger partial charge in [-0.1, -0.05) is 0 Å². The summed E-state index contributed by atoms with van der Waals surface area (Å²) in [6.45, 7) is 2.40. The van der Waals surface area contributed by atoms with E-state index in [1.807, 2.05) is 6.92 Å². The number of nitrogen functional groups attached to an aromatic ring is 1. The number of carbonyl (C=O) groups is 1. The molecule has 0 unspecified atom stereocenters. The summed E-state index contributed by atoms with van der Waals surface area (Å²) >= 11 is 0. The first-order valence-electron chi connectivity index (χ1n) is 4.00. The zero-order chi connectivity index (χ0) is 9.84.